The van der Waals surface area contributed by atoms with Gasteiger partial charge in [-0.05, 0) is 72.5 Å². The molecule has 0 fully saturated rings. The molecule has 6 nitrogen and oxygen atoms in total. The number of rotatable bonds is 11. The van der Waals surface area contributed by atoms with Crippen LogP contribution in [0.15, 0.2) is 234 Å². The van der Waals surface area contributed by atoms with Crippen LogP contribution in [-0.4, -0.2) is 20.8 Å². The number of halogens is 6. The van der Waals surface area contributed by atoms with Crippen LogP contribution in [-0.2, 0) is 30.7 Å². The van der Waals surface area contributed by atoms with Crippen molar-refractivity contribution in [3.05, 3.63) is 225 Å². The van der Waals surface area contributed by atoms with E-state index in [0.717, 1.165) is 22.9 Å². The third-order valence-corrected chi connectivity index (χ3v) is 14.4. The molecule has 17 heteroatoms. The molecule has 1 heterocycles. The molecule has 1 aromatic heterocycles. The Bertz CT molecular complexity index is 2310. The van der Waals surface area contributed by atoms with Crippen LogP contribution in [0.3, 0.4) is 0 Å². The van der Waals surface area contributed by atoms with Gasteiger partial charge >= 0.3 is 63.8 Å². The summed E-state index contributed by atoms with van der Waals surface area (Å²) in [5.74, 6) is 1.67. The molecular weight excluding hydrogens is 1030 g/mol. The quantitative estimate of drug-likeness (QED) is 0.0245. The van der Waals surface area contributed by atoms with Gasteiger partial charge in [-0.25, -0.2) is 4.98 Å². The van der Waals surface area contributed by atoms with Gasteiger partial charge in [0.15, 0.2) is 0 Å². The molecule has 0 saturated heterocycles. The first-order chi connectivity index (χ1) is 31.2. The number of aromatic nitrogens is 2. The van der Waals surface area contributed by atoms with Crippen molar-refractivity contribution < 1.29 is 54.8 Å². The topological polar surface area (TPSA) is 93.9 Å². The average molecular weight is 1080 g/mol. The number of nitrogens with zero attached hydrogens (tertiary/aromatic N) is 4. The van der Waals surface area contributed by atoms with E-state index in [2.05, 4.69) is 224 Å². The number of benzene rings is 7. The molecule has 0 aliphatic heterocycles. The van der Waals surface area contributed by atoms with Crippen molar-refractivity contribution in [3.8, 4) is 0 Å². The Balaban J connectivity index is 0.000000312. The van der Waals surface area contributed by atoms with Crippen LogP contribution in [0, 0.1) is 6.65 Å². The SMILES string of the molecule is CCSc1ccccc1N=Nc1nccn1CC.F[P-](F)(F)(F)(F)F.O.[C-]#[O+].[RuH+].c1ccc(P(c2ccccc2)c2ccccc2)cc1.c1ccc(P(c2ccccc2)c2ccccc2)cc1. The number of thioether (sulfide) groups is 1. The summed E-state index contributed by atoms with van der Waals surface area (Å²) in [6, 6.07) is 72.7. The molecule has 7 aromatic carbocycles. The normalized spacial score (nSPS) is 11.5. The molecule has 0 aliphatic rings. The summed E-state index contributed by atoms with van der Waals surface area (Å²) in [5, 5.41) is 16.9. The van der Waals surface area contributed by atoms with Crippen molar-refractivity contribution >= 4 is 78.9 Å². The maximum Gasteiger partial charge on any atom is -0.0134 e. The van der Waals surface area contributed by atoms with Gasteiger partial charge in [0, 0.05) is 23.8 Å². The molecule has 8 rings (SSSR count). The Hall–Kier alpha value is -5.11. The van der Waals surface area contributed by atoms with Crippen LogP contribution in [0.1, 0.15) is 13.8 Å². The number of hydrogen-bond donors (Lipinski definition) is 0. The number of imidazole rings is 1. The summed E-state index contributed by atoms with van der Waals surface area (Å²) in [7, 11) is -11.5. The van der Waals surface area contributed by atoms with E-state index in [0.29, 0.717) is 5.95 Å². The summed E-state index contributed by atoms with van der Waals surface area (Å²) in [4.78, 5) is 5.32. The minimum absolute atomic E-state index is 0. The van der Waals surface area contributed by atoms with E-state index in [9.17, 15) is 25.2 Å². The first-order valence-electron chi connectivity index (χ1n) is 20.0. The Morgan fingerprint density at radius 3 is 1.07 bits per heavy atom. The van der Waals surface area contributed by atoms with Gasteiger partial charge in [0.2, 0.25) is 5.95 Å². The maximum atomic E-state index is 9.87. The second kappa shape index (κ2) is 28.3. The van der Waals surface area contributed by atoms with Crippen molar-refractivity contribution in [3.63, 3.8) is 0 Å². The van der Waals surface area contributed by atoms with Crippen LogP contribution >= 0.6 is 35.4 Å². The molecule has 8 aromatic rings. The molecule has 0 saturated carbocycles. The summed E-state index contributed by atoms with van der Waals surface area (Å²) >= 11 is 1.77. The maximum absolute atomic E-state index is 10.7. The number of azo groups is 1. The molecule has 0 spiro atoms. The summed E-state index contributed by atoms with van der Waals surface area (Å²) in [6.45, 7) is 9.53. The van der Waals surface area contributed by atoms with E-state index in [1.807, 2.05) is 29.0 Å². The van der Waals surface area contributed by atoms with E-state index in [-0.39, 0.29) is 25.0 Å². The molecule has 0 amide bonds. The third-order valence-electron chi connectivity index (χ3n) is 8.53. The predicted octanol–water partition coefficient (Wildman–Crippen LogP) is 13.6. The van der Waals surface area contributed by atoms with Crippen molar-refractivity contribution in [1.29, 1.82) is 0 Å². The van der Waals surface area contributed by atoms with Crippen LogP contribution in [0.2, 0.25) is 0 Å². The van der Waals surface area contributed by atoms with Crippen molar-refractivity contribution in [2.75, 3.05) is 5.75 Å². The first-order valence-corrected chi connectivity index (χ1v) is 25.7. The van der Waals surface area contributed by atoms with E-state index in [1.165, 1.54) is 31.8 Å². The molecule has 0 aliphatic carbocycles. The molecule has 352 valence electrons. The minimum atomic E-state index is -10.7. The van der Waals surface area contributed by atoms with Gasteiger partial charge in [0.1, 0.15) is 0 Å². The Kier molecular flexibility index (Phi) is 24.5. The fourth-order valence-electron chi connectivity index (χ4n) is 5.92. The fourth-order valence-corrected chi connectivity index (χ4v) is 11.3. The van der Waals surface area contributed by atoms with Crippen molar-refractivity contribution in [2.45, 2.75) is 25.3 Å². The van der Waals surface area contributed by atoms with Crippen molar-refractivity contribution in [1.82, 2.24) is 9.55 Å². The Morgan fingerprint density at radius 2 is 0.791 bits per heavy atom. The summed E-state index contributed by atoms with van der Waals surface area (Å²) < 4.78 is 68.7. The van der Waals surface area contributed by atoms with Gasteiger partial charge in [-0.2, -0.15) is 0 Å². The Labute approximate surface area is 407 Å². The molecule has 2 N–H and O–H groups in total. The molecule has 0 bridgehead atoms. The van der Waals surface area contributed by atoms with Gasteiger partial charge in [-0.15, -0.1) is 22.0 Å². The molecule has 67 heavy (non-hydrogen) atoms. The average Bonchev–Trinajstić information content (AvgIpc) is 3.79. The zero-order valence-corrected chi connectivity index (χ0v) is 41.6. The smallest absolute Gasteiger partial charge is 0.0134 e. The first kappa shape index (κ1) is 58.0. The van der Waals surface area contributed by atoms with Crippen LogP contribution in [0.4, 0.5) is 36.8 Å². The zero-order valence-electron chi connectivity index (χ0n) is 36.3. The molecule has 0 unspecified atom stereocenters. The van der Waals surface area contributed by atoms with Crippen LogP contribution < -0.4 is 31.8 Å². The molecule has 0 atom stereocenters. The van der Waals surface area contributed by atoms with Gasteiger partial charge in [-0.1, -0.05) is 201 Å². The second-order valence-corrected chi connectivity index (χ2v) is 20.9. The van der Waals surface area contributed by atoms with E-state index >= 15 is 0 Å². The van der Waals surface area contributed by atoms with E-state index < -0.39 is 23.7 Å². The molecule has 1 radical (unpaired) electrons. The van der Waals surface area contributed by atoms with Gasteiger partial charge < -0.3 is 10.0 Å². The Morgan fingerprint density at radius 1 is 0.507 bits per heavy atom. The fraction of sp³-hybridized carbons (Fsp3) is 0.0800. The van der Waals surface area contributed by atoms with E-state index in [1.54, 1.807) is 18.0 Å². The zero-order chi connectivity index (χ0) is 47.0. The minimum Gasteiger partial charge on any atom is -0.0622 e. The van der Waals surface area contributed by atoms with Gasteiger partial charge in [0.05, 0.1) is 5.69 Å². The third kappa shape index (κ3) is 22.0. The monoisotopic (exact) mass is 1080 g/mol. The number of aryl methyl sites for hydroxylation is 1. The summed E-state index contributed by atoms with van der Waals surface area (Å²) in [6.07, 6.45) is 3.64. The molecular formula is C50H49F6N4O2P3RuS. The predicted molar refractivity (Wildman–Crippen MR) is 268 cm³/mol. The van der Waals surface area contributed by atoms with Gasteiger partial charge in [0.25, 0.3) is 0 Å². The van der Waals surface area contributed by atoms with Crippen LogP contribution in [0.25, 0.3) is 0 Å². The second-order valence-electron chi connectivity index (χ2n) is 13.3. The van der Waals surface area contributed by atoms with Gasteiger partial charge in [-0.3, -0.25) is 0 Å². The largest absolute Gasteiger partial charge is 0.0622 e. The number of hydrogen-bond acceptors (Lipinski definition) is 4. The standard InChI is InChI=1S/2C18H15P.C13H16N4S.CO.F6P.H2O.Ru.H/c2*1-4-10-16(11-5-1)19(17-12-6-2-7-13-17)18-14-8-3-9-15-18;1-3-17-10-9-14-13(17)16-15-11-7-5-6-8-12(11)18-4-2;1-2;1-7(2,3,4,5)6;;;/h2*1-15H;5-10H,3-4H2,1-2H3;;;1H2;;/q;;;;-1;;+1;. The van der Waals surface area contributed by atoms with Crippen molar-refractivity contribution in [2.24, 2.45) is 10.2 Å². The van der Waals surface area contributed by atoms with E-state index in [4.69, 9.17) is 4.65 Å². The van der Waals surface area contributed by atoms with Crippen LogP contribution in [0.5, 0.6) is 0 Å². The summed E-state index contributed by atoms with van der Waals surface area (Å²) in [5.41, 5.74) is 0.898.